The van der Waals surface area contributed by atoms with E-state index >= 15 is 0 Å². The second-order valence-corrected chi connectivity index (χ2v) is 4.21. The molecule has 0 saturated carbocycles. The van der Waals surface area contributed by atoms with Gasteiger partial charge in [-0.05, 0) is 30.5 Å². The molecule has 76 valence electrons. The van der Waals surface area contributed by atoms with Gasteiger partial charge in [-0.15, -0.1) is 11.6 Å². The molecule has 1 saturated heterocycles. The smallest absolute Gasteiger partial charge is 0.0312 e. The number of halogens is 1. The van der Waals surface area contributed by atoms with E-state index < -0.39 is 0 Å². The number of alkyl halides is 1. The first kappa shape index (κ1) is 9.94. The molecule has 3 heteroatoms. The van der Waals surface area contributed by atoms with Gasteiger partial charge in [-0.25, -0.2) is 0 Å². The Hall–Kier alpha value is -0.600. The third-order valence-electron chi connectivity index (χ3n) is 2.72. The van der Waals surface area contributed by atoms with Gasteiger partial charge in [0.25, 0.3) is 0 Å². The van der Waals surface area contributed by atoms with Crippen molar-refractivity contribution in [3.05, 3.63) is 30.1 Å². The Labute approximate surface area is 89.9 Å². The minimum atomic E-state index is 0.688. The van der Waals surface area contributed by atoms with Gasteiger partial charge in [-0.1, -0.05) is 6.07 Å². The standard InChI is InChI=1S/C11H15ClN2/c12-6-10-3-5-14(8-10)9-11-2-1-4-13-7-11/h1-2,4,7,10H,3,5-6,8-9H2. The van der Waals surface area contributed by atoms with E-state index in [0.717, 1.165) is 19.0 Å². The van der Waals surface area contributed by atoms with Crippen LogP contribution in [0.4, 0.5) is 0 Å². The van der Waals surface area contributed by atoms with Gasteiger partial charge in [0.15, 0.2) is 0 Å². The van der Waals surface area contributed by atoms with Gasteiger partial charge >= 0.3 is 0 Å². The van der Waals surface area contributed by atoms with E-state index in [0.29, 0.717) is 5.92 Å². The summed E-state index contributed by atoms with van der Waals surface area (Å²) in [5.74, 6) is 1.48. The highest BCUT2D eigenvalue weighted by atomic mass is 35.5. The normalized spacial score (nSPS) is 22.8. The molecule has 0 bridgehead atoms. The van der Waals surface area contributed by atoms with Crippen molar-refractivity contribution >= 4 is 11.6 Å². The summed E-state index contributed by atoms with van der Waals surface area (Å²) in [5.41, 5.74) is 1.29. The predicted molar refractivity (Wildman–Crippen MR) is 58.3 cm³/mol. The van der Waals surface area contributed by atoms with Crippen LogP contribution >= 0.6 is 11.6 Å². The molecule has 0 aromatic carbocycles. The van der Waals surface area contributed by atoms with Crippen LogP contribution in [0, 0.1) is 5.92 Å². The fraction of sp³-hybridized carbons (Fsp3) is 0.545. The zero-order valence-electron chi connectivity index (χ0n) is 8.19. The monoisotopic (exact) mass is 210 g/mol. The van der Waals surface area contributed by atoms with E-state index in [1.165, 1.54) is 18.5 Å². The summed E-state index contributed by atoms with van der Waals surface area (Å²) in [5, 5.41) is 0. The topological polar surface area (TPSA) is 16.1 Å². The first-order valence-electron chi connectivity index (χ1n) is 5.05. The lowest BCUT2D eigenvalue weighted by atomic mass is 10.2. The predicted octanol–water partition coefficient (Wildman–Crippen LogP) is 2.14. The van der Waals surface area contributed by atoms with Gasteiger partial charge in [0.1, 0.15) is 0 Å². The highest BCUT2D eigenvalue weighted by molar-refractivity contribution is 6.18. The van der Waals surface area contributed by atoms with E-state index in [2.05, 4.69) is 16.0 Å². The van der Waals surface area contributed by atoms with Gasteiger partial charge in [0, 0.05) is 31.4 Å². The highest BCUT2D eigenvalue weighted by Crippen LogP contribution is 2.19. The summed E-state index contributed by atoms with van der Waals surface area (Å²) in [7, 11) is 0. The van der Waals surface area contributed by atoms with E-state index in [9.17, 15) is 0 Å². The number of nitrogens with zero attached hydrogens (tertiary/aromatic N) is 2. The zero-order valence-corrected chi connectivity index (χ0v) is 8.95. The molecule has 0 spiro atoms. The van der Waals surface area contributed by atoms with E-state index in [-0.39, 0.29) is 0 Å². The number of hydrogen-bond donors (Lipinski definition) is 0. The molecule has 2 rings (SSSR count). The summed E-state index contributed by atoms with van der Waals surface area (Å²) < 4.78 is 0. The van der Waals surface area contributed by atoms with Crippen molar-refractivity contribution in [2.24, 2.45) is 5.92 Å². The Morgan fingerprint density at radius 1 is 1.57 bits per heavy atom. The molecule has 0 N–H and O–H groups in total. The molecule has 1 aliphatic rings. The van der Waals surface area contributed by atoms with Crippen LogP contribution in [-0.2, 0) is 6.54 Å². The second-order valence-electron chi connectivity index (χ2n) is 3.91. The first-order valence-corrected chi connectivity index (χ1v) is 5.59. The summed E-state index contributed by atoms with van der Waals surface area (Å²) in [6.07, 6.45) is 4.99. The molecular weight excluding hydrogens is 196 g/mol. The summed E-state index contributed by atoms with van der Waals surface area (Å²) in [6.45, 7) is 3.33. The second kappa shape index (κ2) is 4.76. The largest absolute Gasteiger partial charge is 0.299 e. The van der Waals surface area contributed by atoms with Crippen molar-refractivity contribution in [3.63, 3.8) is 0 Å². The van der Waals surface area contributed by atoms with Crippen LogP contribution in [0.25, 0.3) is 0 Å². The first-order chi connectivity index (χ1) is 6.88. The lowest BCUT2D eigenvalue weighted by Crippen LogP contribution is -2.20. The molecule has 0 aliphatic carbocycles. The summed E-state index contributed by atoms with van der Waals surface area (Å²) >= 11 is 5.84. The Balaban J connectivity index is 1.88. The molecular formula is C11H15ClN2. The van der Waals surface area contributed by atoms with Crippen LogP contribution in [0.1, 0.15) is 12.0 Å². The molecule has 0 amide bonds. The van der Waals surface area contributed by atoms with Crippen LogP contribution in [0.2, 0.25) is 0 Å². The lowest BCUT2D eigenvalue weighted by molar-refractivity contribution is 0.320. The highest BCUT2D eigenvalue weighted by Gasteiger charge is 2.21. The fourth-order valence-corrected chi connectivity index (χ4v) is 2.18. The molecule has 0 radical (unpaired) electrons. The molecule has 1 aromatic rings. The van der Waals surface area contributed by atoms with Gasteiger partial charge in [0.2, 0.25) is 0 Å². The maximum Gasteiger partial charge on any atom is 0.0312 e. The fourth-order valence-electron chi connectivity index (χ4n) is 1.93. The Morgan fingerprint density at radius 3 is 3.14 bits per heavy atom. The number of likely N-dealkylation sites (tertiary alicyclic amines) is 1. The van der Waals surface area contributed by atoms with E-state index in [4.69, 9.17) is 11.6 Å². The molecule has 2 nitrogen and oxygen atoms in total. The average molecular weight is 211 g/mol. The molecule has 1 fully saturated rings. The molecule has 2 heterocycles. The van der Waals surface area contributed by atoms with Crippen LogP contribution in [0.15, 0.2) is 24.5 Å². The minimum absolute atomic E-state index is 0.688. The zero-order chi connectivity index (χ0) is 9.80. The van der Waals surface area contributed by atoms with Crippen LogP contribution in [0.5, 0.6) is 0 Å². The van der Waals surface area contributed by atoms with Crippen LogP contribution in [0.3, 0.4) is 0 Å². The number of rotatable bonds is 3. The quantitative estimate of drug-likeness (QED) is 0.711. The van der Waals surface area contributed by atoms with Crippen molar-refractivity contribution in [3.8, 4) is 0 Å². The molecule has 1 aromatic heterocycles. The molecule has 14 heavy (non-hydrogen) atoms. The van der Waals surface area contributed by atoms with Crippen molar-refractivity contribution in [2.75, 3.05) is 19.0 Å². The van der Waals surface area contributed by atoms with E-state index in [1.807, 2.05) is 18.5 Å². The Morgan fingerprint density at radius 2 is 2.50 bits per heavy atom. The maximum absolute atomic E-state index is 5.84. The van der Waals surface area contributed by atoms with Crippen LogP contribution < -0.4 is 0 Å². The van der Waals surface area contributed by atoms with Gasteiger partial charge in [0.05, 0.1) is 0 Å². The Bertz CT molecular complexity index is 276. The van der Waals surface area contributed by atoms with Crippen molar-refractivity contribution in [2.45, 2.75) is 13.0 Å². The van der Waals surface area contributed by atoms with Gasteiger partial charge < -0.3 is 0 Å². The molecule has 1 unspecified atom stereocenters. The summed E-state index contributed by atoms with van der Waals surface area (Å²) in [4.78, 5) is 6.56. The van der Waals surface area contributed by atoms with Gasteiger partial charge in [-0.2, -0.15) is 0 Å². The maximum atomic E-state index is 5.84. The van der Waals surface area contributed by atoms with Gasteiger partial charge in [-0.3, -0.25) is 9.88 Å². The third-order valence-corrected chi connectivity index (χ3v) is 3.15. The van der Waals surface area contributed by atoms with Crippen molar-refractivity contribution < 1.29 is 0 Å². The lowest BCUT2D eigenvalue weighted by Gasteiger charge is -2.14. The van der Waals surface area contributed by atoms with E-state index in [1.54, 1.807) is 0 Å². The molecule has 1 aliphatic heterocycles. The SMILES string of the molecule is ClCC1CCN(Cc2cccnc2)C1. The van der Waals surface area contributed by atoms with Crippen molar-refractivity contribution in [1.29, 1.82) is 0 Å². The number of pyridine rings is 1. The van der Waals surface area contributed by atoms with Crippen LogP contribution in [-0.4, -0.2) is 28.9 Å². The third kappa shape index (κ3) is 2.46. The van der Waals surface area contributed by atoms with Crippen molar-refractivity contribution in [1.82, 2.24) is 9.88 Å². The Kier molecular flexibility index (Phi) is 3.38. The number of hydrogen-bond acceptors (Lipinski definition) is 2. The molecule has 1 atom stereocenters. The average Bonchev–Trinajstić information content (AvgIpc) is 2.67. The summed E-state index contributed by atoms with van der Waals surface area (Å²) in [6, 6.07) is 4.12. The number of aromatic nitrogens is 1. The minimum Gasteiger partial charge on any atom is -0.299 e.